The molecule has 1 heterocycles. The van der Waals surface area contributed by atoms with Gasteiger partial charge in [0.05, 0.1) is 30.5 Å². The van der Waals surface area contributed by atoms with E-state index in [0.29, 0.717) is 11.5 Å². The molecule has 0 fully saturated rings. The number of thiophene rings is 1. The molecule has 6 heteroatoms. The second-order valence-corrected chi connectivity index (χ2v) is 7.02. The lowest BCUT2D eigenvalue weighted by molar-refractivity contribution is 0.348. The second-order valence-electron chi connectivity index (χ2n) is 4.42. The van der Waals surface area contributed by atoms with Crippen LogP contribution >= 0.6 is 38.9 Å². The van der Waals surface area contributed by atoms with Crippen LogP contribution in [0.2, 0.25) is 4.34 Å². The highest BCUT2D eigenvalue weighted by Crippen LogP contribution is 2.45. The van der Waals surface area contributed by atoms with Gasteiger partial charge in [0.15, 0.2) is 11.5 Å². The van der Waals surface area contributed by atoms with E-state index in [0.717, 1.165) is 26.1 Å². The number of hydrogen-bond acceptors (Lipinski definition) is 4. The van der Waals surface area contributed by atoms with E-state index in [1.165, 1.54) is 0 Å². The van der Waals surface area contributed by atoms with E-state index in [-0.39, 0.29) is 4.83 Å². The third-order valence-corrected chi connectivity index (χ3v) is 6.04. The van der Waals surface area contributed by atoms with Gasteiger partial charge in [-0.05, 0) is 24.6 Å². The van der Waals surface area contributed by atoms with Crippen molar-refractivity contribution in [2.75, 3.05) is 21.3 Å². The molecule has 1 unspecified atom stereocenters. The van der Waals surface area contributed by atoms with E-state index in [2.05, 4.69) is 22.0 Å². The minimum atomic E-state index is -0.0246. The van der Waals surface area contributed by atoms with Crippen molar-refractivity contribution in [3.63, 3.8) is 0 Å². The molecule has 2 aromatic rings. The Balaban J connectivity index is 2.50. The van der Waals surface area contributed by atoms with Gasteiger partial charge in [0, 0.05) is 16.5 Å². The van der Waals surface area contributed by atoms with E-state index in [1.807, 2.05) is 19.1 Å². The first-order valence-electron chi connectivity index (χ1n) is 6.21. The molecule has 2 rings (SSSR count). The molecule has 0 N–H and O–H groups in total. The van der Waals surface area contributed by atoms with Crippen LogP contribution in [0.5, 0.6) is 17.2 Å². The highest BCUT2D eigenvalue weighted by atomic mass is 79.9. The maximum atomic E-state index is 6.16. The summed E-state index contributed by atoms with van der Waals surface area (Å²) in [5.41, 5.74) is 2.04. The lowest BCUT2D eigenvalue weighted by atomic mass is 10.1. The van der Waals surface area contributed by atoms with Gasteiger partial charge in [-0.2, -0.15) is 0 Å². The van der Waals surface area contributed by atoms with E-state index in [1.54, 1.807) is 32.7 Å². The summed E-state index contributed by atoms with van der Waals surface area (Å²) in [5.74, 6) is 2.03. The average molecular weight is 392 g/mol. The van der Waals surface area contributed by atoms with E-state index in [9.17, 15) is 0 Å². The Bertz CT molecular complexity index is 623. The zero-order valence-electron chi connectivity index (χ0n) is 12.2. The quantitative estimate of drug-likeness (QED) is 0.654. The first kappa shape index (κ1) is 16.5. The van der Waals surface area contributed by atoms with Crippen LogP contribution in [0.3, 0.4) is 0 Å². The van der Waals surface area contributed by atoms with E-state index >= 15 is 0 Å². The number of benzene rings is 1. The van der Waals surface area contributed by atoms with Crippen molar-refractivity contribution in [1.29, 1.82) is 0 Å². The van der Waals surface area contributed by atoms with Gasteiger partial charge < -0.3 is 14.2 Å². The number of aryl methyl sites for hydroxylation is 1. The topological polar surface area (TPSA) is 27.7 Å². The minimum absolute atomic E-state index is 0.0246. The van der Waals surface area contributed by atoms with Crippen LogP contribution in [-0.2, 0) is 0 Å². The molecule has 21 heavy (non-hydrogen) atoms. The zero-order chi connectivity index (χ0) is 15.6. The van der Waals surface area contributed by atoms with Crippen molar-refractivity contribution in [3.8, 4) is 17.2 Å². The van der Waals surface area contributed by atoms with Gasteiger partial charge in [-0.3, -0.25) is 0 Å². The number of methoxy groups -OCH3 is 3. The van der Waals surface area contributed by atoms with E-state index in [4.69, 9.17) is 25.8 Å². The standard InChI is InChI=1S/C15H16BrClO3S/c1-8-5-13(21-15(8)17)14(16)9-6-11(19-3)12(20-4)7-10(9)18-2/h5-7,14H,1-4H3. The van der Waals surface area contributed by atoms with Crippen molar-refractivity contribution in [2.45, 2.75) is 11.8 Å². The molecule has 1 atom stereocenters. The number of hydrogen-bond donors (Lipinski definition) is 0. The third kappa shape index (κ3) is 3.30. The van der Waals surface area contributed by atoms with Gasteiger partial charge in [0.2, 0.25) is 0 Å². The van der Waals surface area contributed by atoms with Crippen molar-refractivity contribution in [3.05, 3.63) is 38.5 Å². The van der Waals surface area contributed by atoms with Crippen LogP contribution in [0.25, 0.3) is 0 Å². The normalized spacial score (nSPS) is 12.1. The Labute approximate surface area is 141 Å². The SMILES string of the molecule is COc1cc(OC)c(C(Br)c2cc(C)c(Cl)s2)cc1OC. The van der Waals surface area contributed by atoms with Crippen LogP contribution in [0, 0.1) is 6.92 Å². The van der Waals surface area contributed by atoms with Crippen LogP contribution in [0.1, 0.15) is 20.8 Å². The molecular weight excluding hydrogens is 376 g/mol. The van der Waals surface area contributed by atoms with Gasteiger partial charge in [0.25, 0.3) is 0 Å². The molecule has 0 radical (unpaired) electrons. The minimum Gasteiger partial charge on any atom is -0.496 e. The Morgan fingerprint density at radius 1 is 1.00 bits per heavy atom. The van der Waals surface area contributed by atoms with Gasteiger partial charge >= 0.3 is 0 Å². The molecule has 0 spiro atoms. The maximum Gasteiger partial charge on any atom is 0.164 e. The fourth-order valence-electron chi connectivity index (χ4n) is 2.01. The molecule has 0 saturated carbocycles. The number of ether oxygens (including phenoxy) is 3. The molecule has 0 saturated heterocycles. The van der Waals surface area contributed by atoms with Gasteiger partial charge in [0.1, 0.15) is 5.75 Å². The van der Waals surface area contributed by atoms with Gasteiger partial charge in [-0.15, -0.1) is 11.3 Å². The van der Waals surface area contributed by atoms with E-state index < -0.39 is 0 Å². The van der Waals surface area contributed by atoms with Crippen LogP contribution in [-0.4, -0.2) is 21.3 Å². The summed E-state index contributed by atoms with van der Waals surface area (Å²) < 4.78 is 16.9. The molecule has 1 aromatic heterocycles. The molecule has 0 aliphatic rings. The summed E-state index contributed by atoms with van der Waals surface area (Å²) in [5, 5.41) is 0. The Hall–Kier alpha value is -0.910. The molecule has 0 aliphatic carbocycles. The molecular formula is C15H16BrClO3S. The largest absolute Gasteiger partial charge is 0.496 e. The fourth-order valence-corrected chi connectivity index (χ4v) is 4.00. The van der Waals surface area contributed by atoms with Crippen LogP contribution in [0.15, 0.2) is 18.2 Å². The number of alkyl halides is 1. The van der Waals surface area contributed by atoms with Gasteiger partial charge in [-0.25, -0.2) is 0 Å². The highest BCUT2D eigenvalue weighted by Gasteiger charge is 2.21. The summed E-state index contributed by atoms with van der Waals surface area (Å²) in [6, 6.07) is 5.81. The van der Waals surface area contributed by atoms with Crippen molar-refractivity contribution in [2.24, 2.45) is 0 Å². The first-order valence-corrected chi connectivity index (χ1v) is 8.32. The summed E-state index contributed by atoms with van der Waals surface area (Å²) >= 11 is 11.4. The molecule has 1 aromatic carbocycles. The predicted molar refractivity (Wildman–Crippen MR) is 90.9 cm³/mol. The fraction of sp³-hybridized carbons (Fsp3) is 0.333. The monoisotopic (exact) mass is 390 g/mol. The summed E-state index contributed by atoms with van der Waals surface area (Å²) in [6.45, 7) is 1.99. The first-order chi connectivity index (χ1) is 10.0. The van der Waals surface area contributed by atoms with Crippen molar-refractivity contribution < 1.29 is 14.2 Å². The lowest BCUT2D eigenvalue weighted by Gasteiger charge is -2.17. The average Bonchev–Trinajstić information content (AvgIpc) is 2.84. The molecule has 0 bridgehead atoms. The van der Waals surface area contributed by atoms with Crippen molar-refractivity contribution >= 4 is 38.9 Å². The highest BCUT2D eigenvalue weighted by molar-refractivity contribution is 9.09. The Morgan fingerprint density at radius 3 is 2.05 bits per heavy atom. The summed E-state index contributed by atoms with van der Waals surface area (Å²) in [7, 11) is 4.85. The van der Waals surface area contributed by atoms with Gasteiger partial charge in [-0.1, -0.05) is 27.5 Å². The smallest absolute Gasteiger partial charge is 0.164 e. The molecule has 0 amide bonds. The van der Waals surface area contributed by atoms with Crippen LogP contribution in [0.4, 0.5) is 0 Å². The second kappa shape index (κ2) is 6.90. The summed E-state index contributed by atoms with van der Waals surface area (Å²) in [4.78, 5) is 1.09. The van der Waals surface area contributed by atoms with Crippen LogP contribution < -0.4 is 14.2 Å². The molecule has 3 nitrogen and oxygen atoms in total. The molecule has 114 valence electrons. The number of rotatable bonds is 5. The molecule has 0 aliphatic heterocycles. The predicted octanol–water partition coefficient (Wildman–Crippen LogP) is 5.22. The zero-order valence-corrected chi connectivity index (χ0v) is 15.4. The lowest BCUT2D eigenvalue weighted by Crippen LogP contribution is -1.99. The Kier molecular flexibility index (Phi) is 5.41. The maximum absolute atomic E-state index is 6.16. The van der Waals surface area contributed by atoms with Crippen molar-refractivity contribution in [1.82, 2.24) is 0 Å². The number of halogens is 2. The summed E-state index contributed by atoms with van der Waals surface area (Å²) in [6.07, 6.45) is 0. The third-order valence-electron chi connectivity index (χ3n) is 3.13. The Morgan fingerprint density at radius 2 is 1.57 bits per heavy atom.